The average molecular weight is 546 g/mol. The van der Waals surface area contributed by atoms with Crippen LogP contribution in [0.25, 0.3) is 5.76 Å². The van der Waals surface area contributed by atoms with Crippen LogP contribution in [0.1, 0.15) is 62.6 Å². The van der Waals surface area contributed by atoms with Crippen molar-refractivity contribution < 1.29 is 33.3 Å². The van der Waals surface area contributed by atoms with Crippen LogP contribution in [0.5, 0.6) is 17.2 Å². The summed E-state index contributed by atoms with van der Waals surface area (Å²) in [4.78, 5) is 28.3. The summed E-state index contributed by atoms with van der Waals surface area (Å²) in [6.45, 7) is 9.13. The molecule has 210 valence electrons. The number of Topliss-reactive ketones (excluding diaryl/α,β-unsaturated/α-hetero) is 1. The van der Waals surface area contributed by atoms with Gasteiger partial charge in [-0.05, 0) is 79.8 Å². The summed E-state index contributed by atoms with van der Waals surface area (Å²) in [6.07, 6.45) is 3.14. The van der Waals surface area contributed by atoms with Crippen LogP contribution in [0.15, 0.2) is 64.8 Å². The Morgan fingerprint density at radius 3 is 2.65 bits per heavy atom. The molecule has 1 amide bonds. The van der Waals surface area contributed by atoms with Crippen LogP contribution in [0.2, 0.25) is 0 Å². The molecule has 1 N–H and O–H groups in total. The second-order valence-corrected chi connectivity index (χ2v) is 10.6. The molecule has 2 aliphatic rings. The number of fused-ring (bicyclic) bond motifs is 1. The summed E-state index contributed by atoms with van der Waals surface area (Å²) < 4.78 is 23.2. The number of nitrogens with zero attached hydrogens (tertiary/aromatic N) is 1. The van der Waals surface area contributed by atoms with E-state index in [-0.39, 0.29) is 24.0 Å². The maximum absolute atomic E-state index is 13.5. The highest BCUT2D eigenvalue weighted by Crippen LogP contribution is 2.43. The third kappa shape index (κ3) is 5.43. The summed E-state index contributed by atoms with van der Waals surface area (Å²) in [5.74, 6) is 1.17. The average Bonchev–Trinajstić information content (AvgIpc) is 3.63. The first-order valence-electron chi connectivity index (χ1n) is 13.8. The van der Waals surface area contributed by atoms with Crippen LogP contribution in [0.4, 0.5) is 0 Å². The molecule has 5 rings (SSSR count). The molecule has 2 aromatic carbocycles. The number of benzene rings is 2. The number of aliphatic hydroxyl groups excluding tert-OH is 1. The first kappa shape index (κ1) is 27.4. The van der Waals surface area contributed by atoms with E-state index in [1.165, 1.54) is 11.2 Å². The fraction of sp³-hybridized carbons (Fsp3) is 0.375. The lowest BCUT2D eigenvalue weighted by Gasteiger charge is -2.25. The number of hydrogen-bond acceptors (Lipinski definition) is 7. The monoisotopic (exact) mass is 545 g/mol. The molecule has 3 aromatic rings. The van der Waals surface area contributed by atoms with Gasteiger partial charge in [0.2, 0.25) is 0 Å². The van der Waals surface area contributed by atoms with Gasteiger partial charge in [0.1, 0.15) is 23.4 Å². The zero-order valence-corrected chi connectivity index (χ0v) is 23.3. The largest absolute Gasteiger partial charge is 0.507 e. The van der Waals surface area contributed by atoms with Gasteiger partial charge in [-0.2, -0.15) is 0 Å². The van der Waals surface area contributed by atoms with Crippen molar-refractivity contribution in [2.45, 2.75) is 59.2 Å². The number of carbonyl (C=O) groups excluding carboxylic acids is 2. The number of hydrogen-bond donors (Lipinski definition) is 1. The molecule has 0 spiro atoms. The zero-order chi connectivity index (χ0) is 28.4. The van der Waals surface area contributed by atoms with Gasteiger partial charge in [-0.25, -0.2) is 0 Å². The molecule has 2 atom stereocenters. The minimum atomic E-state index is -0.863. The Kier molecular flexibility index (Phi) is 7.87. The molecule has 1 saturated heterocycles. The van der Waals surface area contributed by atoms with Gasteiger partial charge in [0.25, 0.3) is 11.7 Å². The summed E-state index contributed by atoms with van der Waals surface area (Å²) in [6, 6.07) is 13.3. The van der Waals surface area contributed by atoms with Crippen molar-refractivity contribution in [3.63, 3.8) is 0 Å². The van der Waals surface area contributed by atoms with E-state index in [4.69, 9.17) is 18.6 Å². The second-order valence-electron chi connectivity index (χ2n) is 10.6. The highest BCUT2D eigenvalue weighted by Gasteiger charge is 2.46. The van der Waals surface area contributed by atoms with Crippen molar-refractivity contribution in [2.75, 3.05) is 13.2 Å². The standard InChI is InChI=1S/C32H35NO7/c1-5-37-27-17-21(8-11-26(27)39-14-12-19(2)3)29-28(31(35)32(36)33(29)18-24-7-6-13-38-24)30(34)22-9-10-25-23(16-22)15-20(4)40-25/h6-11,13,16-17,19-20,29,34H,5,12,14-15,18H2,1-4H3/t20-,29+/m1/s1. The van der Waals surface area contributed by atoms with Crippen molar-refractivity contribution in [1.29, 1.82) is 0 Å². The molecule has 0 radical (unpaired) electrons. The Bertz CT molecular complexity index is 1420. The fourth-order valence-electron chi connectivity index (χ4n) is 5.17. The number of ether oxygens (including phenoxy) is 3. The quantitative estimate of drug-likeness (QED) is 0.188. The molecule has 0 aliphatic carbocycles. The van der Waals surface area contributed by atoms with Crippen molar-refractivity contribution in [1.82, 2.24) is 4.90 Å². The summed E-state index contributed by atoms with van der Waals surface area (Å²) in [5.41, 5.74) is 2.03. The van der Waals surface area contributed by atoms with E-state index in [0.29, 0.717) is 53.9 Å². The van der Waals surface area contributed by atoms with Gasteiger partial charge < -0.3 is 28.6 Å². The van der Waals surface area contributed by atoms with Crippen LogP contribution < -0.4 is 14.2 Å². The first-order chi connectivity index (χ1) is 19.3. The predicted octanol–water partition coefficient (Wildman–Crippen LogP) is 6.05. The van der Waals surface area contributed by atoms with Crippen LogP contribution >= 0.6 is 0 Å². The number of aliphatic hydroxyl groups is 1. The molecule has 8 heteroatoms. The van der Waals surface area contributed by atoms with Gasteiger partial charge in [-0.15, -0.1) is 0 Å². The SMILES string of the molecule is CCOc1cc([C@H]2C(=C(O)c3ccc4c(c3)C[C@@H](C)O4)C(=O)C(=O)N2Cc2ccco2)ccc1OCCC(C)C. The number of rotatable bonds is 10. The van der Waals surface area contributed by atoms with E-state index >= 15 is 0 Å². The van der Waals surface area contributed by atoms with Gasteiger partial charge in [-0.3, -0.25) is 9.59 Å². The van der Waals surface area contributed by atoms with Gasteiger partial charge in [0.15, 0.2) is 11.5 Å². The highest BCUT2D eigenvalue weighted by atomic mass is 16.5. The number of furan rings is 1. The third-order valence-corrected chi connectivity index (χ3v) is 7.15. The van der Waals surface area contributed by atoms with Crippen LogP contribution in [-0.4, -0.2) is 41.0 Å². The first-order valence-corrected chi connectivity index (χ1v) is 13.8. The summed E-state index contributed by atoms with van der Waals surface area (Å²) in [7, 11) is 0. The lowest BCUT2D eigenvalue weighted by Crippen LogP contribution is -2.29. The Hall–Kier alpha value is -4.20. The Labute approximate surface area is 234 Å². The molecule has 1 aromatic heterocycles. The van der Waals surface area contributed by atoms with Crippen LogP contribution in [-0.2, 0) is 22.6 Å². The van der Waals surface area contributed by atoms with E-state index in [9.17, 15) is 14.7 Å². The Morgan fingerprint density at radius 2 is 1.93 bits per heavy atom. The lowest BCUT2D eigenvalue weighted by atomic mass is 9.94. The predicted molar refractivity (Wildman–Crippen MR) is 149 cm³/mol. The molecular weight excluding hydrogens is 510 g/mol. The lowest BCUT2D eigenvalue weighted by molar-refractivity contribution is -0.140. The van der Waals surface area contributed by atoms with Crippen LogP contribution in [0, 0.1) is 5.92 Å². The topological polar surface area (TPSA) is 98.4 Å². The normalized spacial score (nSPS) is 19.7. The molecule has 2 aliphatic heterocycles. The van der Waals surface area contributed by atoms with Gasteiger partial charge in [0, 0.05) is 12.0 Å². The van der Waals surface area contributed by atoms with E-state index in [1.54, 1.807) is 36.4 Å². The highest BCUT2D eigenvalue weighted by molar-refractivity contribution is 6.46. The molecule has 0 saturated carbocycles. The van der Waals surface area contributed by atoms with Crippen molar-refractivity contribution in [3.8, 4) is 17.2 Å². The molecule has 0 bridgehead atoms. The van der Waals surface area contributed by atoms with Crippen molar-refractivity contribution in [3.05, 3.63) is 82.8 Å². The van der Waals surface area contributed by atoms with Gasteiger partial charge >= 0.3 is 0 Å². The molecule has 3 heterocycles. The van der Waals surface area contributed by atoms with Gasteiger partial charge in [0.05, 0.1) is 37.6 Å². The minimum absolute atomic E-state index is 0.0133. The Morgan fingerprint density at radius 1 is 1.10 bits per heavy atom. The molecule has 0 unspecified atom stereocenters. The number of ketones is 1. The summed E-state index contributed by atoms with van der Waals surface area (Å²) >= 11 is 0. The Balaban J connectivity index is 1.59. The van der Waals surface area contributed by atoms with Crippen molar-refractivity contribution in [2.24, 2.45) is 5.92 Å². The van der Waals surface area contributed by atoms with Gasteiger partial charge in [-0.1, -0.05) is 19.9 Å². The van der Waals surface area contributed by atoms with E-state index < -0.39 is 17.7 Å². The number of carbonyl (C=O) groups is 2. The second kappa shape index (κ2) is 11.5. The van der Waals surface area contributed by atoms with E-state index in [1.807, 2.05) is 26.0 Å². The molecule has 1 fully saturated rings. The van der Waals surface area contributed by atoms with Crippen molar-refractivity contribution >= 4 is 17.4 Å². The van der Waals surface area contributed by atoms with E-state index in [2.05, 4.69) is 13.8 Å². The number of likely N-dealkylation sites (tertiary alicyclic amines) is 1. The zero-order valence-electron chi connectivity index (χ0n) is 23.3. The summed E-state index contributed by atoms with van der Waals surface area (Å²) in [5, 5.41) is 11.5. The minimum Gasteiger partial charge on any atom is -0.507 e. The molecule has 8 nitrogen and oxygen atoms in total. The smallest absolute Gasteiger partial charge is 0.296 e. The molecular formula is C32H35NO7. The third-order valence-electron chi connectivity index (χ3n) is 7.15. The fourth-order valence-corrected chi connectivity index (χ4v) is 5.17. The number of amides is 1. The maximum atomic E-state index is 13.5. The van der Waals surface area contributed by atoms with Crippen LogP contribution in [0.3, 0.4) is 0 Å². The maximum Gasteiger partial charge on any atom is 0.296 e. The molecule has 40 heavy (non-hydrogen) atoms. The van der Waals surface area contributed by atoms with E-state index in [0.717, 1.165) is 17.7 Å².